The number of aryl methyl sites for hydroxylation is 1. The summed E-state index contributed by atoms with van der Waals surface area (Å²) in [4.78, 5) is 34.9. The highest BCUT2D eigenvalue weighted by Crippen LogP contribution is 2.34. The minimum absolute atomic E-state index is 0.132. The van der Waals surface area contributed by atoms with Crippen LogP contribution in [0.5, 0.6) is 0 Å². The van der Waals surface area contributed by atoms with E-state index in [0.717, 1.165) is 6.26 Å². The summed E-state index contributed by atoms with van der Waals surface area (Å²) in [7, 11) is -2.07. The number of rotatable bonds is 5. The van der Waals surface area contributed by atoms with Gasteiger partial charge in [-0.25, -0.2) is 13.4 Å². The molecule has 9 nitrogen and oxygen atoms in total. The molecule has 0 aromatic carbocycles. The van der Waals surface area contributed by atoms with Crippen LogP contribution in [-0.2, 0) is 14.8 Å². The number of piperazine rings is 1. The van der Waals surface area contributed by atoms with E-state index in [4.69, 9.17) is 11.6 Å². The van der Waals surface area contributed by atoms with Gasteiger partial charge in [0.05, 0.1) is 23.7 Å². The zero-order valence-electron chi connectivity index (χ0n) is 18.9. The molecule has 2 amide bonds. The Kier molecular flexibility index (Phi) is 7.20. The van der Waals surface area contributed by atoms with E-state index in [2.05, 4.69) is 21.9 Å². The monoisotopic (exact) mass is 491 g/mol. The van der Waals surface area contributed by atoms with Crippen LogP contribution in [-0.4, -0.2) is 71.8 Å². The van der Waals surface area contributed by atoms with Crippen molar-refractivity contribution >= 4 is 33.4 Å². The SMILES string of the molecule is C=CC(=O)N1C[C@H](C)N(S(C)(=O)=O)[C@H](c2cc(Cl)nc(-c3cc(C(=O)NC)cc(C)n3)c2)C1. The Balaban J connectivity index is 2.14. The van der Waals surface area contributed by atoms with E-state index in [1.54, 1.807) is 43.0 Å². The van der Waals surface area contributed by atoms with Crippen LogP contribution in [0.4, 0.5) is 0 Å². The predicted molar refractivity (Wildman–Crippen MR) is 126 cm³/mol. The summed E-state index contributed by atoms with van der Waals surface area (Å²) in [5.41, 5.74) is 2.40. The number of amides is 2. The predicted octanol–water partition coefficient (Wildman–Crippen LogP) is 2.18. The van der Waals surface area contributed by atoms with Crippen molar-refractivity contribution in [2.24, 2.45) is 0 Å². The molecule has 1 fully saturated rings. The van der Waals surface area contributed by atoms with E-state index in [0.29, 0.717) is 28.2 Å². The third-order valence-corrected chi connectivity index (χ3v) is 6.97. The molecule has 0 radical (unpaired) electrons. The number of hydrogen-bond acceptors (Lipinski definition) is 6. The van der Waals surface area contributed by atoms with Crippen molar-refractivity contribution in [3.8, 4) is 11.4 Å². The third kappa shape index (κ3) is 5.40. The van der Waals surface area contributed by atoms with E-state index in [1.807, 2.05) is 0 Å². The molecule has 1 aliphatic heterocycles. The Hall–Kier alpha value is -2.82. The van der Waals surface area contributed by atoms with Crippen molar-refractivity contribution in [1.82, 2.24) is 24.5 Å². The topological polar surface area (TPSA) is 113 Å². The van der Waals surface area contributed by atoms with Crippen molar-refractivity contribution in [3.05, 3.63) is 58.9 Å². The summed E-state index contributed by atoms with van der Waals surface area (Å²) in [6.45, 7) is 7.42. The van der Waals surface area contributed by atoms with Crippen molar-refractivity contribution in [1.29, 1.82) is 0 Å². The van der Waals surface area contributed by atoms with Gasteiger partial charge in [0.25, 0.3) is 5.91 Å². The molecule has 3 rings (SSSR count). The Morgan fingerprint density at radius 3 is 2.45 bits per heavy atom. The van der Waals surface area contributed by atoms with Crippen LogP contribution in [0.3, 0.4) is 0 Å². The van der Waals surface area contributed by atoms with Gasteiger partial charge in [0, 0.05) is 37.4 Å². The molecular weight excluding hydrogens is 466 g/mol. The van der Waals surface area contributed by atoms with Crippen molar-refractivity contribution in [2.45, 2.75) is 25.9 Å². The van der Waals surface area contributed by atoms with Gasteiger partial charge in [0.2, 0.25) is 15.9 Å². The number of sulfonamides is 1. The number of hydrogen-bond donors (Lipinski definition) is 1. The first-order chi connectivity index (χ1) is 15.4. The fourth-order valence-electron chi connectivity index (χ4n) is 4.11. The van der Waals surface area contributed by atoms with E-state index < -0.39 is 22.1 Å². The molecule has 2 aromatic rings. The van der Waals surface area contributed by atoms with Crippen LogP contribution in [0.25, 0.3) is 11.4 Å². The van der Waals surface area contributed by atoms with E-state index in [1.165, 1.54) is 17.4 Å². The highest BCUT2D eigenvalue weighted by Gasteiger charge is 2.40. The Bertz CT molecular complexity index is 1220. The van der Waals surface area contributed by atoms with Crippen molar-refractivity contribution in [2.75, 3.05) is 26.4 Å². The second kappa shape index (κ2) is 9.58. The van der Waals surface area contributed by atoms with Gasteiger partial charge >= 0.3 is 0 Å². The minimum atomic E-state index is -3.61. The molecule has 176 valence electrons. The molecular formula is C22H26ClN5O4S. The molecule has 1 aliphatic rings. The average molecular weight is 492 g/mol. The summed E-state index contributed by atoms with van der Waals surface area (Å²) in [5.74, 6) is -0.553. The maximum absolute atomic E-state index is 12.7. The normalized spacial score (nSPS) is 19.2. The fraction of sp³-hybridized carbons (Fsp3) is 0.364. The lowest BCUT2D eigenvalue weighted by Gasteiger charge is -2.44. The van der Waals surface area contributed by atoms with Gasteiger partial charge in [0.15, 0.2) is 0 Å². The Labute approximate surface area is 198 Å². The number of halogens is 1. The maximum atomic E-state index is 12.7. The van der Waals surface area contributed by atoms with Gasteiger partial charge < -0.3 is 10.2 Å². The van der Waals surface area contributed by atoms with E-state index in [-0.39, 0.29) is 30.1 Å². The van der Waals surface area contributed by atoms with Crippen LogP contribution >= 0.6 is 11.6 Å². The summed E-state index contributed by atoms with van der Waals surface area (Å²) in [6.07, 6.45) is 2.35. The largest absolute Gasteiger partial charge is 0.355 e. The number of nitrogens with zero attached hydrogens (tertiary/aromatic N) is 4. The highest BCUT2D eigenvalue weighted by atomic mass is 35.5. The molecule has 0 unspecified atom stereocenters. The fourth-order valence-corrected chi connectivity index (χ4v) is 5.69. The third-order valence-electron chi connectivity index (χ3n) is 5.40. The number of carbonyl (C=O) groups excluding carboxylic acids is 2. The number of pyridine rings is 2. The molecule has 1 saturated heterocycles. The van der Waals surface area contributed by atoms with Crippen LogP contribution in [0.2, 0.25) is 5.15 Å². The smallest absolute Gasteiger partial charge is 0.251 e. The molecule has 0 bridgehead atoms. The van der Waals surface area contributed by atoms with Gasteiger partial charge in [0.1, 0.15) is 5.15 Å². The van der Waals surface area contributed by atoms with E-state index in [9.17, 15) is 18.0 Å². The summed E-state index contributed by atoms with van der Waals surface area (Å²) < 4.78 is 26.7. The lowest BCUT2D eigenvalue weighted by molar-refractivity contribution is -0.129. The second-order valence-corrected chi connectivity index (χ2v) is 10.3. The summed E-state index contributed by atoms with van der Waals surface area (Å²) in [5, 5.41) is 2.72. The molecule has 0 saturated carbocycles. The zero-order chi connectivity index (χ0) is 24.5. The first-order valence-corrected chi connectivity index (χ1v) is 12.5. The van der Waals surface area contributed by atoms with E-state index >= 15 is 0 Å². The van der Waals surface area contributed by atoms with Gasteiger partial charge in [-0.05, 0) is 49.8 Å². The quantitative estimate of drug-likeness (QED) is 0.506. The Morgan fingerprint density at radius 1 is 1.18 bits per heavy atom. The number of carbonyl (C=O) groups is 2. The van der Waals surface area contributed by atoms with Crippen LogP contribution in [0.1, 0.15) is 34.6 Å². The van der Waals surface area contributed by atoms with Gasteiger partial charge in [-0.15, -0.1) is 0 Å². The van der Waals surface area contributed by atoms with Crippen LogP contribution < -0.4 is 5.32 Å². The Morgan fingerprint density at radius 2 is 1.85 bits per heavy atom. The second-order valence-electron chi connectivity index (χ2n) is 7.98. The average Bonchev–Trinajstić information content (AvgIpc) is 2.75. The number of nitrogens with one attached hydrogen (secondary N) is 1. The standard InChI is InChI=1S/C22H26ClN5O4S/c1-6-21(29)27-11-14(3)28(33(5,31)32)19(12-27)15-8-18(26-20(23)10-15)17-9-16(22(30)24-4)7-13(2)25-17/h6-10,14,19H,1,11-12H2,2-5H3,(H,24,30)/t14-,19-/m0/s1. The lowest BCUT2D eigenvalue weighted by Crippen LogP contribution is -2.56. The molecule has 11 heteroatoms. The molecule has 0 spiro atoms. The molecule has 0 aliphatic carbocycles. The number of aromatic nitrogens is 2. The molecule has 33 heavy (non-hydrogen) atoms. The first kappa shape index (κ1) is 24.8. The van der Waals surface area contributed by atoms with Crippen LogP contribution in [0.15, 0.2) is 36.9 Å². The maximum Gasteiger partial charge on any atom is 0.251 e. The molecule has 1 N–H and O–H groups in total. The molecule has 3 heterocycles. The first-order valence-electron chi connectivity index (χ1n) is 10.2. The van der Waals surface area contributed by atoms with Gasteiger partial charge in [-0.1, -0.05) is 18.2 Å². The lowest BCUT2D eigenvalue weighted by atomic mass is 10.0. The highest BCUT2D eigenvalue weighted by molar-refractivity contribution is 7.88. The van der Waals surface area contributed by atoms with Gasteiger partial charge in [-0.3, -0.25) is 14.6 Å². The van der Waals surface area contributed by atoms with Crippen LogP contribution in [0, 0.1) is 6.92 Å². The summed E-state index contributed by atoms with van der Waals surface area (Å²) in [6, 6.07) is 5.38. The molecule has 2 atom stereocenters. The minimum Gasteiger partial charge on any atom is -0.355 e. The van der Waals surface area contributed by atoms with Crippen molar-refractivity contribution < 1.29 is 18.0 Å². The zero-order valence-corrected chi connectivity index (χ0v) is 20.4. The van der Waals surface area contributed by atoms with Crippen molar-refractivity contribution in [3.63, 3.8) is 0 Å². The summed E-state index contributed by atoms with van der Waals surface area (Å²) >= 11 is 6.33. The molecule has 2 aromatic heterocycles. The van der Waals surface area contributed by atoms with Gasteiger partial charge in [-0.2, -0.15) is 4.31 Å².